The van der Waals surface area contributed by atoms with Crippen molar-refractivity contribution in [2.24, 2.45) is 0 Å². The third-order valence-corrected chi connectivity index (χ3v) is 10.1. The predicted octanol–water partition coefficient (Wildman–Crippen LogP) is 5.30. The van der Waals surface area contributed by atoms with Gasteiger partial charge in [0.2, 0.25) is 5.95 Å². The molecule has 5 heterocycles. The molecule has 2 amide bonds. The molecule has 0 unspecified atom stereocenters. The van der Waals surface area contributed by atoms with Gasteiger partial charge in [0, 0.05) is 56.8 Å². The summed E-state index contributed by atoms with van der Waals surface area (Å²) < 4.78 is 16.8. The Kier molecular flexibility index (Phi) is 14.1. The van der Waals surface area contributed by atoms with Gasteiger partial charge in [-0.3, -0.25) is 9.59 Å². The highest BCUT2D eigenvalue weighted by molar-refractivity contribution is 6.32. The molecule has 1 saturated heterocycles. The third-order valence-electron chi connectivity index (χ3n) is 9.48. The maximum Gasteiger partial charge on any atom is 0.318 e. The summed E-state index contributed by atoms with van der Waals surface area (Å²) in [5.41, 5.74) is 2.10. The lowest BCUT2D eigenvalue weighted by atomic mass is 10.2. The van der Waals surface area contributed by atoms with Crippen LogP contribution in [-0.2, 0) is 26.2 Å². The Bertz CT molecular complexity index is 2450. The van der Waals surface area contributed by atoms with Crippen LogP contribution < -0.4 is 40.4 Å². The van der Waals surface area contributed by atoms with Crippen LogP contribution in [-0.4, -0.2) is 85.1 Å². The van der Waals surface area contributed by atoms with E-state index >= 15 is 0 Å². The van der Waals surface area contributed by atoms with Crippen LogP contribution in [0.5, 0.6) is 17.5 Å². The number of rotatable bonds is 18. The maximum atomic E-state index is 13.5. The Morgan fingerprint density at radius 2 is 1.23 bits per heavy atom. The normalized spacial score (nSPS) is 13.3. The van der Waals surface area contributed by atoms with Crippen LogP contribution >= 0.6 is 23.2 Å². The van der Waals surface area contributed by atoms with Crippen molar-refractivity contribution in [2.75, 3.05) is 42.9 Å². The smallest absolute Gasteiger partial charge is 0.318 e. The van der Waals surface area contributed by atoms with E-state index in [0.29, 0.717) is 58.0 Å². The number of methoxy groups -OCH3 is 2. The molecule has 1 fully saturated rings. The third kappa shape index (κ3) is 11.0. The van der Waals surface area contributed by atoms with Gasteiger partial charge in [-0.1, -0.05) is 35.3 Å². The molecule has 6 aromatic rings. The first-order valence-electron chi connectivity index (χ1n) is 19.1. The number of anilines is 3. The minimum atomic E-state index is -0.432. The van der Waals surface area contributed by atoms with Gasteiger partial charge < -0.3 is 40.4 Å². The zero-order valence-corrected chi connectivity index (χ0v) is 34.7. The van der Waals surface area contributed by atoms with E-state index < -0.39 is 11.8 Å². The van der Waals surface area contributed by atoms with Crippen molar-refractivity contribution >= 4 is 52.6 Å². The lowest BCUT2D eigenvalue weighted by Gasteiger charge is -2.25. The largest absolute Gasteiger partial charge is 0.495 e. The van der Waals surface area contributed by atoms with Crippen molar-refractivity contribution in [2.45, 2.75) is 45.1 Å². The van der Waals surface area contributed by atoms with E-state index in [4.69, 9.17) is 42.4 Å². The van der Waals surface area contributed by atoms with Crippen molar-refractivity contribution in [1.29, 1.82) is 0 Å². The predicted molar refractivity (Wildman–Crippen MR) is 227 cm³/mol. The summed E-state index contributed by atoms with van der Waals surface area (Å²) >= 11 is 12.8. The van der Waals surface area contributed by atoms with E-state index in [1.807, 2.05) is 17.0 Å². The molecule has 0 radical (unpaired) electrons. The summed E-state index contributed by atoms with van der Waals surface area (Å²) in [6.45, 7) is 1.63. The average Bonchev–Trinajstić information content (AvgIpc) is 3.77. The summed E-state index contributed by atoms with van der Waals surface area (Å²) in [4.78, 5) is 64.1. The standard InChI is InChI=1S/C41H41Cl2N13O5/c1-59-32-9-7-25(16-30(32)42)18-48-36-28(38(57)50-22-34-44-11-4-12-45-34)20-52-40(54-36)56-15-3-6-27(56)24-61-41-53-21-29(39(58)51-23-35-46-13-5-14-47-35)37(55-41)49-19-26-8-10-33(60-2)31(43)17-26/h4-5,7-14,16-17,20-21,27H,3,6,15,18-19,22-24H2,1-2H3,(H,50,57)(H,51,58)(H,48,52,54)(H,49,53,55)/t27-/m0/s1. The number of hydrogen-bond donors (Lipinski definition) is 4. The van der Waals surface area contributed by atoms with Crippen LogP contribution in [0, 0.1) is 0 Å². The van der Waals surface area contributed by atoms with Gasteiger partial charge in [0.15, 0.2) is 0 Å². The van der Waals surface area contributed by atoms with Crippen LogP contribution in [0.15, 0.2) is 85.7 Å². The average molecular weight is 867 g/mol. The SMILES string of the molecule is COc1ccc(CNc2nc(OC[C@@H]3CCCN3c3ncc(C(=O)NCc4ncccn4)c(NCc4ccc(OC)c(Cl)c4)n3)ncc2C(=O)NCc2ncccn2)cc1Cl. The lowest BCUT2D eigenvalue weighted by Crippen LogP contribution is -2.36. The highest BCUT2D eigenvalue weighted by Gasteiger charge is 2.29. The summed E-state index contributed by atoms with van der Waals surface area (Å²) in [7, 11) is 3.09. The Balaban J connectivity index is 1.08. The van der Waals surface area contributed by atoms with Gasteiger partial charge in [-0.25, -0.2) is 29.9 Å². The number of carbonyl (C=O) groups excluding carboxylic acids is 2. The number of hydrogen-bond acceptors (Lipinski definition) is 16. The summed E-state index contributed by atoms with van der Waals surface area (Å²) in [6, 6.07) is 14.1. The fourth-order valence-electron chi connectivity index (χ4n) is 6.35. The minimum absolute atomic E-state index is 0.0564. The monoisotopic (exact) mass is 865 g/mol. The molecule has 1 atom stereocenters. The second-order valence-corrected chi connectivity index (χ2v) is 14.3. The number of amides is 2. The zero-order chi connectivity index (χ0) is 42.6. The lowest BCUT2D eigenvalue weighted by molar-refractivity contribution is 0.0941. The topological polar surface area (TPSA) is 216 Å². The number of nitrogens with one attached hydrogen (secondary N) is 4. The van der Waals surface area contributed by atoms with Gasteiger partial charge in [-0.15, -0.1) is 0 Å². The molecular formula is C41H41Cl2N13O5. The van der Waals surface area contributed by atoms with Crippen LogP contribution in [0.3, 0.4) is 0 Å². The van der Waals surface area contributed by atoms with Gasteiger partial charge in [-0.2, -0.15) is 9.97 Å². The molecule has 0 saturated carbocycles. The summed E-state index contributed by atoms with van der Waals surface area (Å²) in [5.74, 6) is 2.13. The first-order valence-corrected chi connectivity index (χ1v) is 19.9. The van der Waals surface area contributed by atoms with Gasteiger partial charge in [0.05, 0.1) is 43.4 Å². The van der Waals surface area contributed by atoms with Gasteiger partial charge in [-0.05, 0) is 60.4 Å². The summed E-state index contributed by atoms with van der Waals surface area (Å²) in [5, 5.41) is 13.1. The van der Waals surface area contributed by atoms with Crippen molar-refractivity contribution in [3.63, 3.8) is 0 Å². The van der Waals surface area contributed by atoms with Crippen molar-refractivity contribution in [1.82, 2.24) is 50.5 Å². The Morgan fingerprint density at radius 3 is 1.75 bits per heavy atom. The first kappa shape index (κ1) is 42.2. The van der Waals surface area contributed by atoms with E-state index in [-0.39, 0.29) is 55.2 Å². The Morgan fingerprint density at radius 1 is 0.705 bits per heavy atom. The Labute approximate surface area is 360 Å². The fourth-order valence-corrected chi connectivity index (χ4v) is 6.91. The number of benzene rings is 2. The number of nitrogens with zero attached hydrogens (tertiary/aromatic N) is 9. The zero-order valence-electron chi connectivity index (χ0n) is 33.1. The molecule has 18 nitrogen and oxygen atoms in total. The van der Waals surface area contributed by atoms with Crippen LogP contribution in [0.2, 0.25) is 10.0 Å². The van der Waals surface area contributed by atoms with Gasteiger partial charge in [0.1, 0.15) is 52.5 Å². The molecule has 4 N–H and O–H groups in total. The molecular weight excluding hydrogens is 825 g/mol. The number of ether oxygens (including phenoxy) is 3. The maximum absolute atomic E-state index is 13.5. The molecule has 4 aromatic heterocycles. The van der Waals surface area contributed by atoms with Gasteiger partial charge >= 0.3 is 6.01 Å². The first-order chi connectivity index (χ1) is 29.8. The highest BCUT2D eigenvalue weighted by Crippen LogP contribution is 2.29. The van der Waals surface area contributed by atoms with E-state index in [2.05, 4.69) is 56.2 Å². The summed E-state index contributed by atoms with van der Waals surface area (Å²) in [6.07, 6.45) is 10.9. The molecule has 1 aliphatic rings. The molecule has 0 aliphatic carbocycles. The van der Waals surface area contributed by atoms with E-state index in [1.165, 1.54) is 12.4 Å². The van der Waals surface area contributed by atoms with Crippen LogP contribution in [0.4, 0.5) is 17.6 Å². The van der Waals surface area contributed by atoms with E-state index in [1.54, 1.807) is 75.4 Å². The molecule has 61 heavy (non-hydrogen) atoms. The van der Waals surface area contributed by atoms with Crippen molar-refractivity contribution in [3.8, 4) is 17.5 Å². The molecule has 0 spiro atoms. The van der Waals surface area contributed by atoms with Crippen LogP contribution in [0.25, 0.3) is 0 Å². The van der Waals surface area contributed by atoms with E-state index in [9.17, 15) is 9.59 Å². The molecule has 20 heteroatoms. The minimum Gasteiger partial charge on any atom is -0.495 e. The molecule has 0 bridgehead atoms. The number of halogens is 2. The van der Waals surface area contributed by atoms with Crippen molar-refractivity contribution < 1.29 is 23.8 Å². The Hall–Kier alpha value is -6.92. The van der Waals surface area contributed by atoms with Gasteiger partial charge in [0.25, 0.3) is 11.8 Å². The molecule has 1 aliphatic heterocycles. The molecule has 7 rings (SSSR count). The molecule has 2 aromatic carbocycles. The fraction of sp³-hybridized carbons (Fsp3) is 0.268. The quantitative estimate of drug-likeness (QED) is 0.0862. The molecule has 314 valence electrons. The second kappa shape index (κ2) is 20.4. The van der Waals surface area contributed by atoms with E-state index in [0.717, 1.165) is 24.0 Å². The highest BCUT2D eigenvalue weighted by atomic mass is 35.5. The second-order valence-electron chi connectivity index (χ2n) is 13.5. The number of carbonyl (C=O) groups is 2. The number of aromatic nitrogens is 8. The van der Waals surface area contributed by atoms with Crippen LogP contribution in [0.1, 0.15) is 56.3 Å². The van der Waals surface area contributed by atoms with Crippen molar-refractivity contribution in [3.05, 3.63) is 130 Å².